The van der Waals surface area contributed by atoms with Crippen LogP contribution in [0.3, 0.4) is 0 Å². The third-order valence-corrected chi connectivity index (χ3v) is 4.65. The standard InChI is InChI=1S/C19H19N5OS/c1-13-4-3-5-15(23-13)10-21-19(25)18-7-6-16(8-14(18)9-20)26-17-11-22-24(2)12-17/h3-9,11-12,20H,10H2,1-2H3,(H,21,25). The van der Waals surface area contributed by atoms with Gasteiger partial charge in [0.05, 0.1) is 23.3 Å². The molecule has 6 nitrogen and oxygen atoms in total. The molecular formula is C19H19N5OS. The van der Waals surface area contributed by atoms with Gasteiger partial charge in [0.15, 0.2) is 0 Å². The van der Waals surface area contributed by atoms with Gasteiger partial charge in [-0.15, -0.1) is 0 Å². The van der Waals surface area contributed by atoms with E-state index < -0.39 is 0 Å². The first-order chi connectivity index (χ1) is 12.5. The van der Waals surface area contributed by atoms with Crippen LogP contribution in [0.25, 0.3) is 0 Å². The molecule has 0 radical (unpaired) electrons. The van der Waals surface area contributed by atoms with Crippen LogP contribution in [0.5, 0.6) is 0 Å². The van der Waals surface area contributed by atoms with Gasteiger partial charge in [-0.05, 0) is 37.3 Å². The van der Waals surface area contributed by atoms with Crippen LogP contribution in [0.2, 0.25) is 0 Å². The number of pyridine rings is 1. The minimum atomic E-state index is -0.218. The van der Waals surface area contributed by atoms with Gasteiger partial charge in [-0.2, -0.15) is 5.10 Å². The summed E-state index contributed by atoms with van der Waals surface area (Å²) in [6, 6.07) is 11.2. The highest BCUT2D eigenvalue weighted by molar-refractivity contribution is 7.99. The maximum Gasteiger partial charge on any atom is 0.252 e. The predicted octanol–water partition coefficient (Wildman–Crippen LogP) is 3.20. The second kappa shape index (κ2) is 7.97. The number of rotatable bonds is 6. The Kier molecular flexibility index (Phi) is 5.48. The average molecular weight is 365 g/mol. The third-order valence-electron chi connectivity index (χ3n) is 3.72. The molecule has 3 rings (SSSR count). The van der Waals surface area contributed by atoms with Crippen LogP contribution < -0.4 is 5.32 Å². The number of hydrogen-bond donors (Lipinski definition) is 2. The van der Waals surface area contributed by atoms with Crippen LogP contribution in [0.15, 0.2) is 58.6 Å². The molecule has 1 aromatic carbocycles. The molecule has 26 heavy (non-hydrogen) atoms. The zero-order chi connectivity index (χ0) is 18.5. The number of carbonyl (C=O) groups is 1. The van der Waals surface area contributed by atoms with Gasteiger partial charge >= 0.3 is 0 Å². The molecule has 0 aliphatic rings. The van der Waals surface area contributed by atoms with Gasteiger partial charge < -0.3 is 10.7 Å². The molecule has 7 heteroatoms. The summed E-state index contributed by atoms with van der Waals surface area (Å²) in [5.74, 6) is -0.218. The molecule has 0 saturated heterocycles. The second-order valence-electron chi connectivity index (χ2n) is 5.80. The molecule has 2 N–H and O–H groups in total. The van der Waals surface area contributed by atoms with Crippen molar-refractivity contribution in [3.8, 4) is 0 Å². The van der Waals surface area contributed by atoms with E-state index in [0.717, 1.165) is 21.2 Å². The van der Waals surface area contributed by atoms with Crippen LogP contribution >= 0.6 is 11.8 Å². The van der Waals surface area contributed by atoms with Gasteiger partial charge in [0.1, 0.15) is 0 Å². The lowest BCUT2D eigenvalue weighted by Crippen LogP contribution is -2.24. The molecule has 2 heterocycles. The maximum absolute atomic E-state index is 12.5. The summed E-state index contributed by atoms with van der Waals surface area (Å²) in [5, 5.41) is 14.6. The van der Waals surface area contributed by atoms with E-state index >= 15 is 0 Å². The lowest BCUT2D eigenvalue weighted by atomic mass is 10.1. The SMILES string of the molecule is Cc1cccc(CNC(=O)c2ccc(Sc3cnn(C)c3)cc2C=N)n1. The van der Waals surface area contributed by atoms with Crippen molar-refractivity contribution in [3.63, 3.8) is 0 Å². The number of aryl methyl sites for hydroxylation is 2. The highest BCUT2D eigenvalue weighted by Crippen LogP contribution is 2.28. The molecule has 0 fully saturated rings. The van der Waals surface area contributed by atoms with Gasteiger partial charge in [0.2, 0.25) is 0 Å². The summed E-state index contributed by atoms with van der Waals surface area (Å²) >= 11 is 1.54. The molecule has 0 spiro atoms. The Morgan fingerprint density at radius 3 is 2.85 bits per heavy atom. The van der Waals surface area contributed by atoms with Crippen molar-refractivity contribution in [2.24, 2.45) is 7.05 Å². The second-order valence-corrected chi connectivity index (χ2v) is 6.95. The van der Waals surface area contributed by atoms with Crippen molar-refractivity contribution in [2.45, 2.75) is 23.3 Å². The average Bonchev–Trinajstić information content (AvgIpc) is 3.04. The minimum Gasteiger partial charge on any atom is -0.346 e. The lowest BCUT2D eigenvalue weighted by Gasteiger charge is -2.09. The fourth-order valence-corrected chi connectivity index (χ4v) is 3.38. The highest BCUT2D eigenvalue weighted by atomic mass is 32.2. The first-order valence-corrected chi connectivity index (χ1v) is 8.88. The molecule has 0 aliphatic carbocycles. The summed E-state index contributed by atoms with van der Waals surface area (Å²) in [7, 11) is 1.86. The van der Waals surface area contributed by atoms with E-state index in [9.17, 15) is 4.79 Å². The van der Waals surface area contributed by atoms with Crippen molar-refractivity contribution in [2.75, 3.05) is 0 Å². The van der Waals surface area contributed by atoms with Gasteiger partial charge in [-0.3, -0.25) is 14.5 Å². The van der Waals surface area contributed by atoms with Crippen LogP contribution in [0, 0.1) is 12.3 Å². The zero-order valence-electron chi connectivity index (χ0n) is 14.6. The Labute approximate surface area is 156 Å². The number of amides is 1. The normalized spacial score (nSPS) is 10.5. The van der Waals surface area contributed by atoms with E-state index in [1.807, 2.05) is 50.5 Å². The molecule has 0 atom stereocenters. The summed E-state index contributed by atoms with van der Waals surface area (Å²) in [4.78, 5) is 18.8. The number of aromatic nitrogens is 3. The fourth-order valence-electron chi connectivity index (χ4n) is 2.48. The molecule has 0 unspecified atom stereocenters. The number of nitrogens with one attached hydrogen (secondary N) is 2. The first-order valence-electron chi connectivity index (χ1n) is 8.07. The Morgan fingerprint density at radius 1 is 1.31 bits per heavy atom. The molecular weight excluding hydrogens is 346 g/mol. The quantitative estimate of drug-likeness (QED) is 0.657. The van der Waals surface area contributed by atoms with E-state index in [0.29, 0.717) is 17.7 Å². The van der Waals surface area contributed by atoms with Crippen molar-refractivity contribution < 1.29 is 4.79 Å². The van der Waals surface area contributed by atoms with Crippen LogP contribution in [-0.2, 0) is 13.6 Å². The van der Waals surface area contributed by atoms with Gasteiger partial charge in [0, 0.05) is 41.2 Å². The number of nitrogens with zero attached hydrogens (tertiary/aromatic N) is 3. The Morgan fingerprint density at radius 2 is 2.15 bits per heavy atom. The van der Waals surface area contributed by atoms with E-state index in [2.05, 4.69) is 15.4 Å². The maximum atomic E-state index is 12.5. The van der Waals surface area contributed by atoms with Gasteiger partial charge in [0.25, 0.3) is 5.91 Å². The van der Waals surface area contributed by atoms with Crippen LogP contribution in [0.4, 0.5) is 0 Å². The van der Waals surface area contributed by atoms with Crippen LogP contribution in [0.1, 0.15) is 27.3 Å². The Hall–Kier alpha value is -2.93. The molecule has 3 aromatic rings. The summed E-state index contributed by atoms with van der Waals surface area (Å²) in [6.45, 7) is 2.27. The smallest absolute Gasteiger partial charge is 0.252 e. The summed E-state index contributed by atoms with van der Waals surface area (Å²) in [6.07, 6.45) is 4.90. The Bertz CT molecular complexity index is 951. The highest BCUT2D eigenvalue weighted by Gasteiger charge is 2.12. The summed E-state index contributed by atoms with van der Waals surface area (Å²) in [5.41, 5.74) is 2.77. The lowest BCUT2D eigenvalue weighted by molar-refractivity contribution is 0.0950. The topological polar surface area (TPSA) is 83.7 Å². The first kappa shape index (κ1) is 17.9. The molecule has 132 valence electrons. The van der Waals surface area contributed by atoms with E-state index in [-0.39, 0.29) is 5.91 Å². The number of carbonyl (C=O) groups excluding carboxylic acids is 1. The van der Waals surface area contributed by atoms with Crippen molar-refractivity contribution in [1.29, 1.82) is 5.41 Å². The Balaban J connectivity index is 1.72. The molecule has 0 aliphatic heterocycles. The van der Waals surface area contributed by atoms with E-state index in [1.165, 1.54) is 6.21 Å². The van der Waals surface area contributed by atoms with Crippen molar-refractivity contribution >= 4 is 23.9 Å². The molecule has 0 saturated carbocycles. The number of benzene rings is 1. The molecule has 2 aromatic heterocycles. The third kappa shape index (κ3) is 4.37. The molecule has 0 bridgehead atoms. The predicted molar refractivity (Wildman–Crippen MR) is 102 cm³/mol. The fraction of sp³-hybridized carbons (Fsp3) is 0.158. The zero-order valence-corrected chi connectivity index (χ0v) is 15.4. The molecule has 1 amide bonds. The minimum absolute atomic E-state index is 0.218. The van der Waals surface area contributed by atoms with Gasteiger partial charge in [-0.25, -0.2) is 0 Å². The monoisotopic (exact) mass is 365 g/mol. The van der Waals surface area contributed by atoms with E-state index in [1.54, 1.807) is 28.7 Å². The largest absolute Gasteiger partial charge is 0.346 e. The van der Waals surface area contributed by atoms with Crippen LogP contribution in [-0.4, -0.2) is 26.9 Å². The number of hydrogen-bond acceptors (Lipinski definition) is 5. The van der Waals surface area contributed by atoms with Crippen molar-refractivity contribution in [3.05, 3.63) is 71.3 Å². The van der Waals surface area contributed by atoms with Gasteiger partial charge in [-0.1, -0.05) is 17.8 Å². The van der Waals surface area contributed by atoms with Crippen molar-refractivity contribution in [1.82, 2.24) is 20.1 Å². The van der Waals surface area contributed by atoms with E-state index in [4.69, 9.17) is 5.41 Å². The summed E-state index contributed by atoms with van der Waals surface area (Å²) < 4.78 is 1.74.